The molecule has 11 heteroatoms. The monoisotopic (exact) mass is 463 g/mol. The SMILES string of the molecule is COc1ccc(Oc2ccc3nc(NC(O)C4CC4)cn3n2)cc1NC(=O)c1cc(C)nn1C. The van der Waals surface area contributed by atoms with E-state index in [1.807, 2.05) is 6.92 Å². The largest absolute Gasteiger partial charge is 0.495 e. The molecule has 176 valence electrons. The summed E-state index contributed by atoms with van der Waals surface area (Å²) in [5, 5.41) is 24.6. The Hall–Kier alpha value is -4.12. The molecule has 0 radical (unpaired) electrons. The van der Waals surface area contributed by atoms with Gasteiger partial charge in [0.2, 0.25) is 5.88 Å². The van der Waals surface area contributed by atoms with E-state index in [4.69, 9.17) is 9.47 Å². The first-order valence-corrected chi connectivity index (χ1v) is 10.9. The van der Waals surface area contributed by atoms with Gasteiger partial charge in [0.15, 0.2) is 5.65 Å². The number of carbonyl (C=O) groups excluding carboxylic acids is 1. The minimum atomic E-state index is -0.608. The lowest BCUT2D eigenvalue weighted by Crippen LogP contribution is -2.20. The van der Waals surface area contributed by atoms with Crippen LogP contribution >= 0.6 is 0 Å². The fourth-order valence-electron chi connectivity index (χ4n) is 3.65. The van der Waals surface area contributed by atoms with Crippen LogP contribution < -0.4 is 20.1 Å². The predicted molar refractivity (Wildman–Crippen MR) is 124 cm³/mol. The lowest BCUT2D eigenvalue weighted by Gasteiger charge is -2.12. The Morgan fingerprint density at radius 2 is 2.03 bits per heavy atom. The Balaban J connectivity index is 1.34. The lowest BCUT2D eigenvalue weighted by atomic mass is 10.2. The average Bonchev–Trinajstić information content (AvgIpc) is 3.50. The van der Waals surface area contributed by atoms with Gasteiger partial charge in [0, 0.05) is 25.1 Å². The van der Waals surface area contributed by atoms with Gasteiger partial charge in [0.1, 0.15) is 29.2 Å². The zero-order valence-corrected chi connectivity index (χ0v) is 19.0. The van der Waals surface area contributed by atoms with Gasteiger partial charge in [-0.2, -0.15) is 5.10 Å². The Bertz CT molecular complexity index is 1360. The number of aromatic nitrogens is 5. The number of amides is 1. The molecule has 0 saturated heterocycles. The van der Waals surface area contributed by atoms with Crippen LogP contribution in [0, 0.1) is 12.8 Å². The molecule has 1 aromatic carbocycles. The van der Waals surface area contributed by atoms with Gasteiger partial charge in [-0.15, -0.1) is 5.10 Å². The van der Waals surface area contributed by atoms with Gasteiger partial charge in [-0.25, -0.2) is 9.50 Å². The zero-order valence-electron chi connectivity index (χ0n) is 19.0. The van der Waals surface area contributed by atoms with Crippen molar-refractivity contribution in [3.8, 4) is 17.4 Å². The third-order valence-corrected chi connectivity index (χ3v) is 5.54. The van der Waals surface area contributed by atoms with Gasteiger partial charge in [0.25, 0.3) is 5.91 Å². The van der Waals surface area contributed by atoms with E-state index in [1.54, 1.807) is 54.2 Å². The third kappa shape index (κ3) is 4.50. The number of ether oxygens (including phenoxy) is 2. The summed E-state index contributed by atoms with van der Waals surface area (Å²) in [6.45, 7) is 1.82. The highest BCUT2D eigenvalue weighted by Gasteiger charge is 2.30. The molecule has 0 spiro atoms. The fourth-order valence-corrected chi connectivity index (χ4v) is 3.65. The lowest BCUT2D eigenvalue weighted by molar-refractivity contribution is 0.101. The smallest absolute Gasteiger partial charge is 0.274 e. The van der Waals surface area contributed by atoms with E-state index in [9.17, 15) is 9.90 Å². The molecule has 1 unspecified atom stereocenters. The summed E-state index contributed by atoms with van der Waals surface area (Å²) in [7, 11) is 3.24. The highest BCUT2D eigenvalue weighted by Crippen LogP contribution is 2.33. The van der Waals surface area contributed by atoms with Crippen LogP contribution in [0.15, 0.2) is 42.6 Å². The van der Waals surface area contributed by atoms with Gasteiger partial charge < -0.3 is 25.2 Å². The quantitative estimate of drug-likeness (QED) is 0.340. The minimum absolute atomic E-state index is 0.281. The number of imidazole rings is 1. The number of hydrogen-bond donors (Lipinski definition) is 3. The number of nitrogens with zero attached hydrogens (tertiary/aromatic N) is 5. The number of aryl methyl sites for hydroxylation is 2. The molecule has 1 atom stereocenters. The number of rotatable bonds is 8. The molecule has 34 heavy (non-hydrogen) atoms. The van der Waals surface area contributed by atoms with Gasteiger partial charge in [-0.3, -0.25) is 9.48 Å². The molecule has 11 nitrogen and oxygen atoms in total. The van der Waals surface area contributed by atoms with Crippen LogP contribution in [0.1, 0.15) is 29.0 Å². The Morgan fingerprint density at radius 1 is 1.21 bits per heavy atom. The van der Waals surface area contributed by atoms with Crippen molar-refractivity contribution in [3.63, 3.8) is 0 Å². The van der Waals surface area contributed by atoms with Crippen molar-refractivity contribution in [3.05, 3.63) is 54.0 Å². The van der Waals surface area contributed by atoms with E-state index in [1.165, 1.54) is 11.8 Å². The van der Waals surface area contributed by atoms with E-state index in [0.29, 0.717) is 40.2 Å². The summed E-state index contributed by atoms with van der Waals surface area (Å²) in [5.41, 5.74) is 2.24. The maximum Gasteiger partial charge on any atom is 0.274 e. The summed E-state index contributed by atoms with van der Waals surface area (Å²) < 4.78 is 14.4. The van der Waals surface area contributed by atoms with Crippen LogP contribution in [0.3, 0.4) is 0 Å². The summed E-state index contributed by atoms with van der Waals surface area (Å²) in [4.78, 5) is 17.2. The van der Waals surface area contributed by atoms with Crippen LogP contribution in [0.4, 0.5) is 11.5 Å². The van der Waals surface area contributed by atoms with Crippen LogP contribution in [0.2, 0.25) is 0 Å². The summed E-state index contributed by atoms with van der Waals surface area (Å²) >= 11 is 0. The van der Waals surface area contributed by atoms with Crippen molar-refractivity contribution >= 4 is 23.1 Å². The van der Waals surface area contributed by atoms with Crippen molar-refractivity contribution in [1.29, 1.82) is 0 Å². The Morgan fingerprint density at radius 3 is 2.74 bits per heavy atom. The molecule has 0 aliphatic heterocycles. The number of methoxy groups -OCH3 is 1. The maximum absolute atomic E-state index is 12.7. The maximum atomic E-state index is 12.7. The molecule has 1 aliphatic rings. The van der Waals surface area contributed by atoms with Gasteiger partial charge in [-0.1, -0.05) is 0 Å². The normalized spacial score (nSPS) is 14.1. The Labute approximate surface area is 195 Å². The predicted octanol–water partition coefficient (Wildman–Crippen LogP) is 2.96. The van der Waals surface area contributed by atoms with Crippen molar-refractivity contribution in [2.75, 3.05) is 17.7 Å². The number of fused-ring (bicyclic) bond motifs is 1. The van der Waals surface area contributed by atoms with Crippen molar-refractivity contribution in [2.24, 2.45) is 13.0 Å². The van der Waals surface area contributed by atoms with E-state index in [0.717, 1.165) is 18.5 Å². The highest BCUT2D eigenvalue weighted by atomic mass is 16.5. The molecular weight excluding hydrogens is 438 g/mol. The summed E-state index contributed by atoms with van der Waals surface area (Å²) in [6, 6.07) is 10.3. The number of benzene rings is 1. The average molecular weight is 463 g/mol. The van der Waals surface area contributed by atoms with Gasteiger partial charge >= 0.3 is 0 Å². The summed E-state index contributed by atoms with van der Waals surface area (Å²) in [5.74, 6) is 1.80. The van der Waals surface area contributed by atoms with Crippen LogP contribution in [0.5, 0.6) is 17.4 Å². The first kappa shape index (κ1) is 21.7. The molecular formula is C23H25N7O4. The van der Waals surface area contributed by atoms with Crippen molar-refractivity contribution in [1.82, 2.24) is 24.4 Å². The number of aliphatic hydroxyl groups is 1. The Kier molecular flexibility index (Phi) is 5.54. The third-order valence-electron chi connectivity index (χ3n) is 5.54. The van der Waals surface area contributed by atoms with E-state index in [2.05, 4.69) is 25.8 Å². The number of anilines is 2. The number of carbonyl (C=O) groups is 1. The van der Waals surface area contributed by atoms with Crippen molar-refractivity contribution < 1.29 is 19.4 Å². The first-order chi connectivity index (χ1) is 16.4. The molecule has 3 aromatic heterocycles. The topological polar surface area (TPSA) is 128 Å². The molecule has 1 fully saturated rings. The van der Waals surface area contributed by atoms with Crippen LogP contribution in [-0.2, 0) is 7.05 Å². The standard InChI is InChI=1S/C23H25N7O4/c1-13-10-17(29(2)27-13)23(32)24-16-11-15(6-7-18(16)33-3)34-21-9-8-20-25-19(12-30(20)28-21)26-22(31)14-4-5-14/h6-12,14,22,26,31H,4-5H2,1-3H3,(H,24,32). The van der Waals surface area contributed by atoms with E-state index in [-0.39, 0.29) is 11.8 Å². The second-order valence-electron chi connectivity index (χ2n) is 8.24. The van der Waals surface area contributed by atoms with E-state index < -0.39 is 6.23 Å². The van der Waals surface area contributed by atoms with Gasteiger partial charge in [0.05, 0.1) is 24.7 Å². The minimum Gasteiger partial charge on any atom is -0.495 e. The van der Waals surface area contributed by atoms with Gasteiger partial charge in [-0.05, 0) is 44.0 Å². The number of aliphatic hydroxyl groups excluding tert-OH is 1. The highest BCUT2D eigenvalue weighted by molar-refractivity contribution is 6.04. The molecule has 1 saturated carbocycles. The van der Waals surface area contributed by atoms with Crippen LogP contribution in [-0.4, -0.2) is 48.7 Å². The molecule has 5 rings (SSSR count). The molecule has 4 aromatic rings. The fraction of sp³-hybridized carbons (Fsp3) is 0.304. The molecule has 0 bridgehead atoms. The molecule has 3 N–H and O–H groups in total. The molecule has 1 amide bonds. The molecule has 1 aliphatic carbocycles. The number of nitrogens with one attached hydrogen (secondary N) is 2. The van der Waals surface area contributed by atoms with E-state index >= 15 is 0 Å². The first-order valence-electron chi connectivity index (χ1n) is 10.9. The number of hydrogen-bond acceptors (Lipinski definition) is 8. The zero-order chi connectivity index (χ0) is 23.8. The second kappa shape index (κ2) is 8.67. The molecule has 3 heterocycles. The summed E-state index contributed by atoms with van der Waals surface area (Å²) in [6.07, 6.45) is 3.13. The van der Waals surface area contributed by atoms with Crippen LogP contribution in [0.25, 0.3) is 5.65 Å². The second-order valence-corrected chi connectivity index (χ2v) is 8.24. The van der Waals surface area contributed by atoms with Crippen molar-refractivity contribution in [2.45, 2.75) is 26.0 Å².